The third-order valence-electron chi connectivity index (χ3n) is 3.01. The Morgan fingerprint density at radius 1 is 1.11 bits per heavy atom. The highest BCUT2D eigenvalue weighted by molar-refractivity contribution is 9.10. The van der Waals surface area contributed by atoms with Gasteiger partial charge in [0.05, 0.1) is 0 Å². The normalized spacial score (nSPS) is 10.4. The first-order valence-electron chi connectivity index (χ1n) is 6.02. The molecular weight excluding hydrogens is 288 g/mol. The molecule has 0 N–H and O–H groups in total. The average molecular weight is 303 g/mol. The fourth-order valence-electron chi connectivity index (χ4n) is 2.00. The second-order valence-electron chi connectivity index (χ2n) is 4.32. The van der Waals surface area contributed by atoms with Crippen LogP contribution in [-0.4, -0.2) is 5.78 Å². The van der Waals surface area contributed by atoms with E-state index < -0.39 is 0 Å². The van der Waals surface area contributed by atoms with Crippen LogP contribution in [0, 0.1) is 6.92 Å². The first kappa shape index (κ1) is 13.0. The van der Waals surface area contributed by atoms with Crippen LogP contribution in [0.15, 0.2) is 46.9 Å². The van der Waals surface area contributed by atoms with E-state index in [1.54, 1.807) is 0 Å². The zero-order chi connectivity index (χ0) is 13.1. The SMILES string of the molecule is CCc1ccccc1C(=O)c1ccc(C)cc1Br. The largest absolute Gasteiger partial charge is 0.289 e. The van der Waals surface area contributed by atoms with E-state index in [-0.39, 0.29) is 5.78 Å². The summed E-state index contributed by atoms with van der Waals surface area (Å²) in [4.78, 5) is 12.5. The molecular formula is C16H15BrO. The molecule has 0 radical (unpaired) electrons. The molecule has 0 unspecified atom stereocenters. The minimum absolute atomic E-state index is 0.0827. The van der Waals surface area contributed by atoms with Crippen molar-refractivity contribution in [2.24, 2.45) is 0 Å². The molecule has 0 saturated heterocycles. The Bertz CT molecular complexity index is 587. The van der Waals surface area contributed by atoms with Crippen molar-refractivity contribution in [1.82, 2.24) is 0 Å². The van der Waals surface area contributed by atoms with Crippen molar-refractivity contribution in [2.45, 2.75) is 20.3 Å². The van der Waals surface area contributed by atoms with Gasteiger partial charge in [0.2, 0.25) is 0 Å². The minimum Gasteiger partial charge on any atom is -0.289 e. The van der Waals surface area contributed by atoms with Crippen LogP contribution in [0.1, 0.15) is 34.0 Å². The van der Waals surface area contributed by atoms with Gasteiger partial charge in [0.1, 0.15) is 0 Å². The Labute approximate surface area is 116 Å². The van der Waals surface area contributed by atoms with Gasteiger partial charge in [0.15, 0.2) is 5.78 Å². The first-order valence-corrected chi connectivity index (χ1v) is 6.81. The quantitative estimate of drug-likeness (QED) is 0.760. The Kier molecular flexibility index (Phi) is 3.97. The smallest absolute Gasteiger partial charge is 0.194 e. The molecule has 0 bridgehead atoms. The Morgan fingerprint density at radius 2 is 1.83 bits per heavy atom. The van der Waals surface area contributed by atoms with E-state index in [0.29, 0.717) is 0 Å². The van der Waals surface area contributed by atoms with Crippen LogP contribution in [0.5, 0.6) is 0 Å². The molecule has 0 aliphatic rings. The van der Waals surface area contributed by atoms with Crippen LogP contribution in [0.4, 0.5) is 0 Å². The number of carbonyl (C=O) groups excluding carboxylic acids is 1. The van der Waals surface area contributed by atoms with Crippen molar-refractivity contribution in [3.8, 4) is 0 Å². The summed E-state index contributed by atoms with van der Waals surface area (Å²) < 4.78 is 0.860. The van der Waals surface area contributed by atoms with Crippen LogP contribution in [0.25, 0.3) is 0 Å². The molecule has 0 spiro atoms. The first-order chi connectivity index (χ1) is 8.63. The molecule has 0 aliphatic carbocycles. The number of carbonyl (C=O) groups is 1. The van der Waals surface area contributed by atoms with E-state index >= 15 is 0 Å². The van der Waals surface area contributed by atoms with E-state index in [2.05, 4.69) is 22.9 Å². The van der Waals surface area contributed by atoms with Crippen molar-refractivity contribution < 1.29 is 4.79 Å². The summed E-state index contributed by atoms with van der Waals surface area (Å²) in [6.45, 7) is 4.08. The summed E-state index contributed by atoms with van der Waals surface area (Å²) in [7, 11) is 0. The standard InChI is InChI=1S/C16H15BrO/c1-3-12-6-4-5-7-13(12)16(18)14-9-8-11(2)10-15(14)17/h4-10H,3H2,1-2H3. The molecule has 2 rings (SSSR count). The average Bonchev–Trinajstić information content (AvgIpc) is 2.38. The molecule has 0 amide bonds. The van der Waals surface area contributed by atoms with Crippen molar-refractivity contribution in [3.63, 3.8) is 0 Å². The number of hydrogen-bond donors (Lipinski definition) is 0. The summed E-state index contributed by atoms with van der Waals surface area (Å²) in [6, 6.07) is 13.6. The fraction of sp³-hybridized carbons (Fsp3) is 0.188. The molecule has 2 aromatic rings. The van der Waals surface area contributed by atoms with E-state index in [1.165, 1.54) is 0 Å². The second-order valence-corrected chi connectivity index (χ2v) is 5.18. The zero-order valence-corrected chi connectivity index (χ0v) is 12.1. The summed E-state index contributed by atoms with van der Waals surface area (Å²) in [5, 5.41) is 0. The van der Waals surface area contributed by atoms with Gasteiger partial charge in [0.25, 0.3) is 0 Å². The summed E-state index contributed by atoms with van der Waals surface area (Å²) in [5.41, 5.74) is 3.75. The van der Waals surface area contributed by atoms with Crippen LogP contribution in [-0.2, 0) is 6.42 Å². The number of aryl methyl sites for hydroxylation is 2. The number of hydrogen-bond acceptors (Lipinski definition) is 1. The van der Waals surface area contributed by atoms with Crippen molar-refractivity contribution in [1.29, 1.82) is 0 Å². The zero-order valence-electron chi connectivity index (χ0n) is 10.5. The molecule has 0 fully saturated rings. The third kappa shape index (κ3) is 2.54. The topological polar surface area (TPSA) is 17.1 Å². The van der Waals surface area contributed by atoms with E-state index in [0.717, 1.165) is 33.1 Å². The lowest BCUT2D eigenvalue weighted by Gasteiger charge is -2.08. The molecule has 0 atom stereocenters. The maximum atomic E-state index is 12.5. The van der Waals surface area contributed by atoms with Gasteiger partial charge in [-0.25, -0.2) is 0 Å². The van der Waals surface area contributed by atoms with Crippen LogP contribution >= 0.6 is 15.9 Å². The van der Waals surface area contributed by atoms with E-state index in [1.807, 2.05) is 49.4 Å². The molecule has 0 heterocycles. The molecule has 0 aliphatic heterocycles. The van der Waals surface area contributed by atoms with Crippen molar-refractivity contribution in [3.05, 3.63) is 69.2 Å². The highest BCUT2D eigenvalue weighted by Gasteiger charge is 2.14. The summed E-state index contributed by atoms with van der Waals surface area (Å²) in [5.74, 6) is 0.0827. The molecule has 0 saturated carbocycles. The van der Waals surface area contributed by atoms with Gasteiger partial charge < -0.3 is 0 Å². The number of ketones is 1. The monoisotopic (exact) mass is 302 g/mol. The van der Waals surface area contributed by atoms with Gasteiger partial charge in [-0.1, -0.05) is 53.2 Å². The Hall–Kier alpha value is -1.41. The van der Waals surface area contributed by atoms with Crippen molar-refractivity contribution in [2.75, 3.05) is 0 Å². The molecule has 92 valence electrons. The summed E-state index contributed by atoms with van der Waals surface area (Å²) >= 11 is 3.47. The predicted molar refractivity (Wildman–Crippen MR) is 78.1 cm³/mol. The molecule has 2 aromatic carbocycles. The highest BCUT2D eigenvalue weighted by atomic mass is 79.9. The molecule has 2 heteroatoms. The van der Waals surface area contributed by atoms with Crippen LogP contribution in [0.3, 0.4) is 0 Å². The Balaban J connectivity index is 2.48. The van der Waals surface area contributed by atoms with Gasteiger partial charge in [0, 0.05) is 15.6 Å². The Morgan fingerprint density at radius 3 is 2.50 bits per heavy atom. The van der Waals surface area contributed by atoms with Gasteiger partial charge in [-0.3, -0.25) is 4.79 Å². The fourth-order valence-corrected chi connectivity index (χ4v) is 2.67. The van der Waals surface area contributed by atoms with Gasteiger partial charge >= 0.3 is 0 Å². The minimum atomic E-state index is 0.0827. The number of rotatable bonds is 3. The van der Waals surface area contributed by atoms with Gasteiger partial charge in [-0.05, 0) is 36.6 Å². The van der Waals surface area contributed by atoms with Crippen LogP contribution in [0.2, 0.25) is 0 Å². The summed E-state index contributed by atoms with van der Waals surface area (Å²) in [6.07, 6.45) is 0.866. The molecule has 1 nitrogen and oxygen atoms in total. The van der Waals surface area contributed by atoms with Crippen molar-refractivity contribution >= 4 is 21.7 Å². The van der Waals surface area contributed by atoms with Gasteiger partial charge in [-0.15, -0.1) is 0 Å². The predicted octanol–water partition coefficient (Wildman–Crippen LogP) is 4.55. The third-order valence-corrected chi connectivity index (χ3v) is 3.67. The van der Waals surface area contributed by atoms with E-state index in [4.69, 9.17) is 0 Å². The lowest BCUT2D eigenvalue weighted by Crippen LogP contribution is -2.06. The lowest BCUT2D eigenvalue weighted by molar-refractivity contribution is 0.103. The van der Waals surface area contributed by atoms with E-state index in [9.17, 15) is 4.79 Å². The maximum absolute atomic E-state index is 12.5. The maximum Gasteiger partial charge on any atom is 0.194 e. The second kappa shape index (κ2) is 5.49. The van der Waals surface area contributed by atoms with Crippen LogP contribution < -0.4 is 0 Å². The molecule has 0 aromatic heterocycles. The highest BCUT2D eigenvalue weighted by Crippen LogP contribution is 2.23. The van der Waals surface area contributed by atoms with Gasteiger partial charge in [-0.2, -0.15) is 0 Å². The number of benzene rings is 2. The molecule has 18 heavy (non-hydrogen) atoms. The lowest BCUT2D eigenvalue weighted by atomic mass is 9.96. The number of halogens is 1.